The maximum absolute atomic E-state index is 5.93. The van der Waals surface area contributed by atoms with Crippen molar-refractivity contribution >= 4 is 0 Å². The average molecular weight is 223 g/mol. The lowest BCUT2D eigenvalue weighted by Gasteiger charge is -2.21. The molecule has 1 aromatic heterocycles. The van der Waals surface area contributed by atoms with Crippen molar-refractivity contribution in [3.63, 3.8) is 0 Å². The monoisotopic (exact) mass is 223 g/mol. The van der Waals surface area contributed by atoms with Gasteiger partial charge in [0.15, 0.2) is 0 Å². The van der Waals surface area contributed by atoms with Crippen molar-refractivity contribution in [1.82, 2.24) is 5.32 Å². The van der Waals surface area contributed by atoms with Gasteiger partial charge < -0.3 is 14.5 Å². The third-order valence-electron chi connectivity index (χ3n) is 3.20. The zero-order valence-electron chi connectivity index (χ0n) is 10.00. The highest BCUT2D eigenvalue weighted by molar-refractivity contribution is 5.15. The third kappa shape index (κ3) is 3.09. The number of furan rings is 1. The van der Waals surface area contributed by atoms with Gasteiger partial charge >= 0.3 is 0 Å². The Morgan fingerprint density at radius 1 is 1.38 bits per heavy atom. The number of ether oxygens (including phenoxy) is 1. The molecule has 0 saturated heterocycles. The van der Waals surface area contributed by atoms with Crippen LogP contribution in [0, 0.1) is 0 Å². The molecule has 0 spiro atoms. The molecule has 1 aliphatic rings. The predicted molar refractivity (Wildman–Crippen MR) is 63.1 cm³/mol. The molecule has 3 heteroatoms. The molecular formula is C13H21NO2. The van der Waals surface area contributed by atoms with Gasteiger partial charge in [0, 0.05) is 5.56 Å². The second-order valence-electron chi connectivity index (χ2n) is 4.47. The van der Waals surface area contributed by atoms with Gasteiger partial charge in [0.2, 0.25) is 0 Å². The number of nitrogens with one attached hydrogen (secondary N) is 1. The van der Waals surface area contributed by atoms with Crippen molar-refractivity contribution in [3.05, 3.63) is 23.7 Å². The summed E-state index contributed by atoms with van der Waals surface area (Å²) in [6, 6.07) is 2.01. The molecule has 1 fully saturated rings. The predicted octanol–water partition coefficient (Wildman–Crippen LogP) is 2.85. The molecule has 1 aliphatic carbocycles. The number of rotatable bonds is 5. The molecule has 1 saturated carbocycles. The Bertz CT molecular complexity index is 303. The molecule has 1 N–H and O–H groups in total. The largest absolute Gasteiger partial charge is 0.468 e. The molecule has 0 aliphatic heterocycles. The van der Waals surface area contributed by atoms with Crippen molar-refractivity contribution in [3.8, 4) is 0 Å². The fraction of sp³-hybridized carbons (Fsp3) is 0.692. The van der Waals surface area contributed by atoms with Gasteiger partial charge in [-0.2, -0.15) is 0 Å². The Hall–Kier alpha value is -0.800. The van der Waals surface area contributed by atoms with E-state index in [-0.39, 0.29) is 0 Å². The van der Waals surface area contributed by atoms with Crippen molar-refractivity contribution in [2.45, 2.75) is 51.4 Å². The maximum atomic E-state index is 5.93. The van der Waals surface area contributed by atoms with Crippen molar-refractivity contribution in [2.24, 2.45) is 0 Å². The van der Waals surface area contributed by atoms with Crippen LogP contribution in [0.5, 0.6) is 0 Å². The van der Waals surface area contributed by atoms with E-state index in [1.165, 1.54) is 37.7 Å². The molecule has 0 radical (unpaired) electrons. The van der Waals surface area contributed by atoms with Gasteiger partial charge in [-0.25, -0.2) is 0 Å². The van der Waals surface area contributed by atoms with E-state index in [9.17, 15) is 0 Å². The second-order valence-corrected chi connectivity index (χ2v) is 4.47. The first-order valence-electron chi connectivity index (χ1n) is 6.21. The molecule has 0 unspecified atom stereocenters. The van der Waals surface area contributed by atoms with Gasteiger partial charge in [-0.15, -0.1) is 0 Å². The van der Waals surface area contributed by atoms with Crippen molar-refractivity contribution in [1.29, 1.82) is 0 Å². The Morgan fingerprint density at radius 3 is 2.94 bits per heavy atom. The van der Waals surface area contributed by atoms with Crippen LogP contribution in [0.1, 0.15) is 43.4 Å². The van der Waals surface area contributed by atoms with Gasteiger partial charge in [-0.05, 0) is 26.0 Å². The van der Waals surface area contributed by atoms with Crippen LogP contribution >= 0.6 is 0 Å². The second kappa shape index (κ2) is 6.06. The molecule has 3 nitrogen and oxygen atoms in total. The quantitative estimate of drug-likeness (QED) is 0.833. The smallest absolute Gasteiger partial charge is 0.123 e. The van der Waals surface area contributed by atoms with E-state index < -0.39 is 0 Å². The summed E-state index contributed by atoms with van der Waals surface area (Å²) in [5.41, 5.74) is 1.18. The Balaban J connectivity index is 1.81. The molecule has 0 atom stereocenters. The fourth-order valence-electron chi connectivity index (χ4n) is 2.25. The summed E-state index contributed by atoms with van der Waals surface area (Å²) in [6.45, 7) is 1.47. The highest BCUT2D eigenvalue weighted by Crippen LogP contribution is 2.22. The molecule has 2 rings (SSSR count). The van der Waals surface area contributed by atoms with Crippen molar-refractivity contribution < 1.29 is 9.15 Å². The van der Waals surface area contributed by atoms with Crippen LogP contribution < -0.4 is 5.32 Å². The molecule has 0 amide bonds. The maximum Gasteiger partial charge on any atom is 0.123 e. The van der Waals surface area contributed by atoms with Crippen LogP contribution in [0.25, 0.3) is 0 Å². The molecule has 90 valence electrons. The zero-order valence-corrected chi connectivity index (χ0v) is 10.00. The lowest BCUT2D eigenvalue weighted by atomic mass is 9.98. The standard InChI is InChI=1S/C13H21NO2/c1-14-9-13-11(7-8-15-13)10-16-12-5-3-2-4-6-12/h7-8,12,14H,2-6,9-10H2,1H3. The summed E-state index contributed by atoms with van der Waals surface area (Å²) in [5, 5.41) is 3.10. The van der Waals surface area contributed by atoms with Crippen LogP contribution in [-0.2, 0) is 17.9 Å². The van der Waals surface area contributed by atoms with Crippen LogP contribution in [0.3, 0.4) is 0 Å². The van der Waals surface area contributed by atoms with Gasteiger partial charge in [-0.1, -0.05) is 19.3 Å². The van der Waals surface area contributed by atoms with E-state index in [0.717, 1.165) is 12.3 Å². The van der Waals surface area contributed by atoms with E-state index in [1.54, 1.807) is 6.26 Å². The summed E-state index contributed by atoms with van der Waals surface area (Å²) in [6.07, 6.45) is 8.66. The summed E-state index contributed by atoms with van der Waals surface area (Å²) >= 11 is 0. The minimum absolute atomic E-state index is 0.464. The first-order chi connectivity index (χ1) is 7.90. The van der Waals surface area contributed by atoms with E-state index in [4.69, 9.17) is 9.15 Å². The highest BCUT2D eigenvalue weighted by Gasteiger charge is 2.15. The van der Waals surface area contributed by atoms with E-state index in [2.05, 4.69) is 5.32 Å². The van der Waals surface area contributed by atoms with Gasteiger partial charge in [0.25, 0.3) is 0 Å². The van der Waals surface area contributed by atoms with Gasteiger partial charge in [0.1, 0.15) is 5.76 Å². The van der Waals surface area contributed by atoms with Gasteiger partial charge in [0.05, 0.1) is 25.5 Å². The third-order valence-corrected chi connectivity index (χ3v) is 3.20. The summed E-state index contributed by atoms with van der Waals surface area (Å²) in [7, 11) is 1.92. The average Bonchev–Trinajstić information content (AvgIpc) is 2.76. The normalized spacial score (nSPS) is 17.8. The SMILES string of the molecule is CNCc1occc1COC1CCCCC1. The van der Waals surface area contributed by atoms with E-state index in [1.807, 2.05) is 13.1 Å². The number of hydrogen-bond donors (Lipinski definition) is 1. The summed E-state index contributed by atoms with van der Waals surface area (Å²) in [5.74, 6) is 0.998. The number of hydrogen-bond acceptors (Lipinski definition) is 3. The fourth-order valence-corrected chi connectivity index (χ4v) is 2.25. The Morgan fingerprint density at radius 2 is 2.19 bits per heavy atom. The van der Waals surface area contributed by atoms with Crippen LogP contribution in [0.4, 0.5) is 0 Å². The molecule has 0 bridgehead atoms. The van der Waals surface area contributed by atoms with E-state index in [0.29, 0.717) is 12.7 Å². The Kier molecular flexibility index (Phi) is 4.43. The zero-order chi connectivity index (χ0) is 11.2. The van der Waals surface area contributed by atoms with Gasteiger partial charge in [-0.3, -0.25) is 0 Å². The first-order valence-corrected chi connectivity index (χ1v) is 6.21. The van der Waals surface area contributed by atoms with Crippen LogP contribution in [-0.4, -0.2) is 13.2 Å². The summed E-state index contributed by atoms with van der Waals surface area (Å²) in [4.78, 5) is 0. The minimum atomic E-state index is 0.464. The topological polar surface area (TPSA) is 34.4 Å². The van der Waals surface area contributed by atoms with E-state index >= 15 is 0 Å². The van der Waals surface area contributed by atoms with Crippen LogP contribution in [0.2, 0.25) is 0 Å². The van der Waals surface area contributed by atoms with Crippen LogP contribution in [0.15, 0.2) is 16.7 Å². The molecule has 16 heavy (non-hydrogen) atoms. The molecule has 1 heterocycles. The lowest BCUT2D eigenvalue weighted by molar-refractivity contribution is 0.0162. The first kappa shape index (κ1) is 11.7. The Labute approximate surface area is 97.2 Å². The summed E-state index contributed by atoms with van der Waals surface area (Å²) < 4.78 is 11.3. The molecular weight excluding hydrogens is 202 g/mol. The minimum Gasteiger partial charge on any atom is -0.468 e. The lowest BCUT2D eigenvalue weighted by Crippen LogP contribution is -2.16. The van der Waals surface area contributed by atoms with Crippen molar-refractivity contribution in [2.75, 3.05) is 7.05 Å². The molecule has 0 aromatic carbocycles. The molecule has 1 aromatic rings. The highest BCUT2D eigenvalue weighted by atomic mass is 16.5.